The van der Waals surface area contributed by atoms with Gasteiger partial charge in [0.15, 0.2) is 0 Å². The van der Waals surface area contributed by atoms with Crippen molar-refractivity contribution < 1.29 is 29.6 Å². The third kappa shape index (κ3) is 5.33. The third-order valence-electron chi connectivity index (χ3n) is 4.68. The van der Waals surface area contributed by atoms with E-state index in [0.29, 0.717) is 17.0 Å². The monoisotopic (exact) mass is 420 g/mol. The summed E-state index contributed by atoms with van der Waals surface area (Å²) in [5.74, 6) is 0.412. The molecule has 0 bridgehead atoms. The molecule has 30 heavy (non-hydrogen) atoms. The number of carbonyl (C=O) groups is 1. The van der Waals surface area contributed by atoms with E-state index in [-0.39, 0.29) is 31.3 Å². The van der Waals surface area contributed by atoms with Gasteiger partial charge < -0.3 is 30.1 Å². The number of ether oxygens (including phenoxy) is 2. The molecule has 4 N–H and O–H groups in total. The second-order valence-electron chi connectivity index (χ2n) is 8.31. The lowest BCUT2D eigenvalue weighted by molar-refractivity contribution is -0.171. The lowest BCUT2D eigenvalue weighted by Crippen LogP contribution is -2.52. The number of hydrogen-bond acceptors (Lipinski definition) is 8. The quantitative estimate of drug-likeness (QED) is 0.514. The van der Waals surface area contributed by atoms with Gasteiger partial charge in [0, 0.05) is 11.1 Å². The highest BCUT2D eigenvalue weighted by atomic mass is 16.5. The van der Waals surface area contributed by atoms with Crippen LogP contribution in [0.1, 0.15) is 42.9 Å². The van der Waals surface area contributed by atoms with E-state index < -0.39 is 24.4 Å². The Balaban J connectivity index is 1.56. The molecule has 1 aromatic carbocycles. The standard InChI is InChI=1S/C20H28N4O6/c1-20(2,3)21-19(28)12-4-6-14(7-5-12)29-10-13-8-24(23-22-13)15-11-30-16(9-25)18(27)17(15)26/h4-8,15-18,25-27H,9-11H2,1-3H3,(H,21,28)/t15-,16+,17+,18-/m0/s1. The Kier molecular flexibility index (Phi) is 6.71. The van der Waals surface area contributed by atoms with E-state index in [0.717, 1.165) is 0 Å². The van der Waals surface area contributed by atoms with Crippen LogP contribution in [-0.4, -0.2) is 73.3 Å². The summed E-state index contributed by atoms with van der Waals surface area (Å²) in [6.07, 6.45) is -1.57. The molecule has 0 radical (unpaired) electrons. The van der Waals surface area contributed by atoms with Crippen LogP contribution < -0.4 is 10.1 Å². The largest absolute Gasteiger partial charge is 0.487 e. The zero-order valence-electron chi connectivity index (χ0n) is 17.2. The fourth-order valence-corrected chi connectivity index (χ4v) is 3.07. The van der Waals surface area contributed by atoms with E-state index in [1.807, 2.05) is 20.8 Å². The van der Waals surface area contributed by atoms with Gasteiger partial charge in [-0.2, -0.15) is 0 Å². The molecule has 1 amide bonds. The van der Waals surface area contributed by atoms with Gasteiger partial charge in [0.05, 0.1) is 19.4 Å². The van der Waals surface area contributed by atoms with Crippen molar-refractivity contribution in [2.24, 2.45) is 0 Å². The molecule has 1 aliphatic heterocycles. The van der Waals surface area contributed by atoms with Crippen molar-refractivity contribution in [3.8, 4) is 5.75 Å². The maximum atomic E-state index is 12.2. The van der Waals surface area contributed by atoms with Gasteiger partial charge in [-0.1, -0.05) is 5.21 Å². The molecule has 0 unspecified atom stereocenters. The fourth-order valence-electron chi connectivity index (χ4n) is 3.07. The molecule has 1 aliphatic rings. The predicted octanol–water partition coefficient (Wildman–Crippen LogP) is 0.0394. The molecule has 10 nitrogen and oxygen atoms in total. The molecule has 0 aliphatic carbocycles. The Morgan fingerprint density at radius 3 is 2.60 bits per heavy atom. The average Bonchev–Trinajstić information content (AvgIpc) is 3.16. The highest BCUT2D eigenvalue weighted by Crippen LogP contribution is 2.24. The Labute approximate surface area is 174 Å². The molecular weight excluding hydrogens is 392 g/mol. The van der Waals surface area contributed by atoms with E-state index >= 15 is 0 Å². The Hall–Kier alpha value is -2.53. The Morgan fingerprint density at radius 2 is 1.97 bits per heavy atom. The van der Waals surface area contributed by atoms with Gasteiger partial charge in [0.2, 0.25) is 0 Å². The van der Waals surface area contributed by atoms with Crippen molar-refractivity contribution in [1.29, 1.82) is 0 Å². The summed E-state index contributed by atoms with van der Waals surface area (Å²) in [4.78, 5) is 12.2. The first-order chi connectivity index (χ1) is 14.2. The first-order valence-corrected chi connectivity index (χ1v) is 9.72. The number of aliphatic hydroxyl groups excluding tert-OH is 3. The molecular formula is C20H28N4O6. The van der Waals surface area contributed by atoms with Crippen molar-refractivity contribution in [3.05, 3.63) is 41.7 Å². The summed E-state index contributed by atoms with van der Waals surface area (Å²) in [5, 5.41) is 40.3. The van der Waals surface area contributed by atoms with Crippen molar-refractivity contribution in [2.75, 3.05) is 13.2 Å². The molecule has 1 fully saturated rings. The molecule has 164 valence electrons. The number of amides is 1. The van der Waals surface area contributed by atoms with Gasteiger partial charge in [-0.15, -0.1) is 5.10 Å². The van der Waals surface area contributed by atoms with E-state index in [1.54, 1.807) is 30.5 Å². The lowest BCUT2D eigenvalue weighted by Gasteiger charge is -2.36. The van der Waals surface area contributed by atoms with Crippen LogP contribution in [0.25, 0.3) is 0 Å². The maximum absolute atomic E-state index is 12.2. The van der Waals surface area contributed by atoms with E-state index in [9.17, 15) is 15.0 Å². The Bertz CT molecular complexity index is 848. The number of aliphatic hydroxyl groups is 3. The smallest absolute Gasteiger partial charge is 0.251 e. The highest BCUT2D eigenvalue weighted by Gasteiger charge is 2.39. The molecule has 10 heteroatoms. The molecule has 3 rings (SSSR count). The van der Waals surface area contributed by atoms with Crippen molar-refractivity contribution in [1.82, 2.24) is 20.3 Å². The van der Waals surface area contributed by atoms with Gasteiger partial charge in [-0.25, -0.2) is 4.68 Å². The zero-order valence-corrected chi connectivity index (χ0v) is 17.2. The Morgan fingerprint density at radius 1 is 1.27 bits per heavy atom. The first-order valence-electron chi connectivity index (χ1n) is 9.72. The second kappa shape index (κ2) is 9.09. The molecule has 1 saturated heterocycles. The van der Waals surface area contributed by atoms with Crippen LogP contribution in [0.4, 0.5) is 0 Å². The van der Waals surface area contributed by atoms with Crippen LogP contribution in [0.5, 0.6) is 5.75 Å². The number of carbonyl (C=O) groups excluding carboxylic acids is 1. The fraction of sp³-hybridized carbons (Fsp3) is 0.550. The van der Waals surface area contributed by atoms with Crippen LogP contribution in [0, 0.1) is 0 Å². The molecule has 4 atom stereocenters. The minimum atomic E-state index is -1.22. The molecule has 0 saturated carbocycles. The van der Waals surface area contributed by atoms with Crippen LogP contribution in [0.3, 0.4) is 0 Å². The van der Waals surface area contributed by atoms with Gasteiger partial charge in [-0.05, 0) is 45.0 Å². The SMILES string of the molecule is CC(C)(C)NC(=O)c1ccc(OCc2cn([C@H]3CO[C@H](CO)[C@H](O)[C@@H]3O)nn2)cc1. The molecule has 0 spiro atoms. The lowest BCUT2D eigenvalue weighted by atomic mass is 9.98. The number of benzene rings is 1. The number of nitrogens with one attached hydrogen (secondary N) is 1. The summed E-state index contributed by atoms with van der Waals surface area (Å²) < 4.78 is 12.5. The van der Waals surface area contributed by atoms with Crippen LogP contribution in [0.15, 0.2) is 30.5 Å². The van der Waals surface area contributed by atoms with Crippen LogP contribution in [0.2, 0.25) is 0 Å². The van der Waals surface area contributed by atoms with E-state index in [1.165, 1.54) is 4.68 Å². The van der Waals surface area contributed by atoms with E-state index in [2.05, 4.69) is 15.6 Å². The number of aromatic nitrogens is 3. The van der Waals surface area contributed by atoms with Gasteiger partial charge in [-0.3, -0.25) is 4.79 Å². The zero-order chi connectivity index (χ0) is 21.9. The van der Waals surface area contributed by atoms with E-state index in [4.69, 9.17) is 14.6 Å². The number of hydrogen-bond donors (Lipinski definition) is 4. The summed E-state index contributed by atoms with van der Waals surface area (Å²) in [6.45, 7) is 5.60. The van der Waals surface area contributed by atoms with Crippen LogP contribution in [-0.2, 0) is 11.3 Å². The predicted molar refractivity (Wildman–Crippen MR) is 106 cm³/mol. The highest BCUT2D eigenvalue weighted by molar-refractivity contribution is 5.94. The topological polar surface area (TPSA) is 139 Å². The summed E-state index contributed by atoms with van der Waals surface area (Å²) in [6, 6.07) is 6.15. The maximum Gasteiger partial charge on any atom is 0.251 e. The average molecular weight is 420 g/mol. The van der Waals surface area contributed by atoms with Gasteiger partial charge in [0.1, 0.15) is 42.4 Å². The second-order valence-corrected chi connectivity index (χ2v) is 8.31. The summed E-state index contributed by atoms with van der Waals surface area (Å²) >= 11 is 0. The third-order valence-corrected chi connectivity index (χ3v) is 4.68. The van der Waals surface area contributed by atoms with Crippen molar-refractivity contribution >= 4 is 5.91 Å². The molecule has 2 aromatic rings. The van der Waals surface area contributed by atoms with Gasteiger partial charge >= 0.3 is 0 Å². The molecule has 1 aromatic heterocycles. The molecule has 2 heterocycles. The first kappa shape index (κ1) is 22.2. The minimum Gasteiger partial charge on any atom is -0.487 e. The number of nitrogens with zero attached hydrogens (tertiary/aromatic N) is 3. The van der Waals surface area contributed by atoms with Crippen LogP contribution >= 0.6 is 0 Å². The van der Waals surface area contributed by atoms with Gasteiger partial charge in [0.25, 0.3) is 5.91 Å². The van der Waals surface area contributed by atoms with Crippen molar-refractivity contribution in [2.45, 2.75) is 57.3 Å². The number of rotatable bonds is 6. The minimum absolute atomic E-state index is 0.0885. The summed E-state index contributed by atoms with van der Waals surface area (Å²) in [7, 11) is 0. The normalized spacial score (nSPS) is 24.5. The van der Waals surface area contributed by atoms with Crippen molar-refractivity contribution in [3.63, 3.8) is 0 Å². The summed E-state index contributed by atoms with van der Waals surface area (Å²) in [5.41, 5.74) is 0.745.